The molecule has 0 bridgehead atoms. The van der Waals surface area contributed by atoms with E-state index in [0.29, 0.717) is 11.4 Å². The Kier molecular flexibility index (Phi) is 5.71. The van der Waals surface area contributed by atoms with E-state index in [1.807, 2.05) is 12.1 Å². The number of carboxylic acids is 1. The summed E-state index contributed by atoms with van der Waals surface area (Å²) in [6, 6.07) is 15.5. The number of hydrogen-bond donors (Lipinski definition) is 2. The zero-order valence-corrected chi connectivity index (χ0v) is 14.6. The van der Waals surface area contributed by atoms with Crippen molar-refractivity contribution in [1.82, 2.24) is 5.32 Å². The molecule has 0 aromatic heterocycles. The van der Waals surface area contributed by atoms with Crippen LogP contribution in [0.3, 0.4) is 0 Å². The van der Waals surface area contributed by atoms with Gasteiger partial charge in [-0.15, -0.1) is 0 Å². The van der Waals surface area contributed by atoms with Crippen molar-refractivity contribution in [3.63, 3.8) is 0 Å². The van der Waals surface area contributed by atoms with E-state index in [1.165, 1.54) is 4.90 Å². The summed E-state index contributed by atoms with van der Waals surface area (Å²) < 4.78 is 5.38. The van der Waals surface area contributed by atoms with Crippen molar-refractivity contribution in [2.75, 3.05) is 18.1 Å². The third-order valence-electron chi connectivity index (χ3n) is 4.29. The molecular formula is C20H20N2O5. The van der Waals surface area contributed by atoms with Crippen LogP contribution in [0.25, 0.3) is 0 Å². The second-order valence-corrected chi connectivity index (χ2v) is 6.18. The number of carbonyl (C=O) groups excluding carboxylic acids is 2. The fourth-order valence-corrected chi connectivity index (χ4v) is 2.99. The Bertz CT molecular complexity index is 837. The minimum Gasteiger partial charge on any atom is -0.482 e. The van der Waals surface area contributed by atoms with E-state index in [2.05, 4.69) is 5.32 Å². The van der Waals surface area contributed by atoms with E-state index < -0.39 is 12.0 Å². The second kappa shape index (κ2) is 8.35. The van der Waals surface area contributed by atoms with E-state index in [1.54, 1.807) is 42.5 Å². The van der Waals surface area contributed by atoms with Crippen LogP contribution in [0.2, 0.25) is 0 Å². The van der Waals surface area contributed by atoms with Gasteiger partial charge in [0.25, 0.3) is 5.91 Å². The lowest BCUT2D eigenvalue weighted by molar-refractivity contribution is -0.137. The van der Waals surface area contributed by atoms with Crippen LogP contribution in [-0.4, -0.2) is 36.0 Å². The minimum absolute atomic E-state index is 0.0586. The van der Waals surface area contributed by atoms with E-state index in [9.17, 15) is 14.4 Å². The topological polar surface area (TPSA) is 95.9 Å². The first-order chi connectivity index (χ1) is 13.0. The zero-order valence-electron chi connectivity index (χ0n) is 14.6. The standard InChI is InChI=1S/C20H20N2O5/c23-18(21-15(12-20(25)26)14-6-2-1-3-7-14)10-11-22-16-8-4-5-9-17(16)27-13-19(22)24/h1-9,15H,10-13H2,(H,21,23)(H,25,26). The third-order valence-corrected chi connectivity index (χ3v) is 4.29. The third kappa shape index (κ3) is 4.63. The summed E-state index contributed by atoms with van der Waals surface area (Å²) in [5.74, 6) is -0.930. The summed E-state index contributed by atoms with van der Waals surface area (Å²) in [6.07, 6.45) is -0.155. The molecule has 1 aliphatic heterocycles. The number of carbonyl (C=O) groups is 3. The van der Waals surface area contributed by atoms with E-state index in [0.717, 1.165) is 5.56 Å². The highest BCUT2D eigenvalue weighted by Crippen LogP contribution is 2.31. The number of fused-ring (bicyclic) bond motifs is 1. The normalized spacial score (nSPS) is 14.1. The number of ether oxygens (including phenoxy) is 1. The largest absolute Gasteiger partial charge is 0.482 e. The summed E-state index contributed by atoms with van der Waals surface area (Å²) in [5.41, 5.74) is 1.35. The number of hydrogen-bond acceptors (Lipinski definition) is 4. The number of nitrogens with zero attached hydrogens (tertiary/aromatic N) is 1. The lowest BCUT2D eigenvalue weighted by Crippen LogP contribution is -2.41. The molecule has 0 saturated heterocycles. The van der Waals surface area contributed by atoms with Gasteiger partial charge in [0.05, 0.1) is 18.2 Å². The van der Waals surface area contributed by atoms with Crippen molar-refractivity contribution >= 4 is 23.5 Å². The number of rotatable bonds is 7. The first-order valence-corrected chi connectivity index (χ1v) is 8.63. The Morgan fingerprint density at radius 1 is 1.11 bits per heavy atom. The molecule has 7 heteroatoms. The lowest BCUT2D eigenvalue weighted by Gasteiger charge is -2.29. The van der Waals surface area contributed by atoms with E-state index in [4.69, 9.17) is 9.84 Å². The molecule has 27 heavy (non-hydrogen) atoms. The molecule has 7 nitrogen and oxygen atoms in total. The van der Waals surface area contributed by atoms with E-state index in [-0.39, 0.29) is 37.8 Å². The van der Waals surface area contributed by atoms with Crippen molar-refractivity contribution in [2.24, 2.45) is 0 Å². The average molecular weight is 368 g/mol. The van der Waals surface area contributed by atoms with Crippen LogP contribution in [0.5, 0.6) is 5.75 Å². The molecular weight excluding hydrogens is 348 g/mol. The number of benzene rings is 2. The van der Waals surface area contributed by atoms with Gasteiger partial charge in [-0.05, 0) is 17.7 Å². The summed E-state index contributed by atoms with van der Waals surface area (Å²) in [4.78, 5) is 37.2. The predicted molar refractivity (Wildman–Crippen MR) is 98.5 cm³/mol. The Hall–Kier alpha value is -3.35. The molecule has 3 rings (SSSR count). The molecule has 2 aromatic rings. The maximum Gasteiger partial charge on any atom is 0.305 e. The summed E-state index contributed by atoms with van der Waals surface area (Å²) >= 11 is 0. The molecule has 2 amide bonds. The Labute approximate surface area is 156 Å². The quantitative estimate of drug-likeness (QED) is 0.781. The van der Waals surface area contributed by atoms with Gasteiger partial charge in [0.2, 0.25) is 5.91 Å². The number of nitrogens with one attached hydrogen (secondary N) is 1. The molecule has 0 fully saturated rings. The first-order valence-electron chi connectivity index (χ1n) is 8.63. The zero-order chi connectivity index (χ0) is 19.2. The number of para-hydroxylation sites is 2. The number of anilines is 1. The highest BCUT2D eigenvalue weighted by molar-refractivity contribution is 5.98. The van der Waals surface area contributed by atoms with Crippen LogP contribution >= 0.6 is 0 Å². The molecule has 1 atom stereocenters. The average Bonchev–Trinajstić information content (AvgIpc) is 2.67. The van der Waals surface area contributed by atoms with Gasteiger partial charge >= 0.3 is 5.97 Å². The van der Waals surface area contributed by atoms with E-state index >= 15 is 0 Å². The SMILES string of the molecule is O=C(O)CC(NC(=O)CCN1C(=O)COc2ccccc21)c1ccccc1. The number of carboxylic acid groups (broad SMARTS) is 1. The predicted octanol–water partition coefficient (Wildman–Crippen LogP) is 2.13. The Balaban J connectivity index is 1.65. The first kappa shape index (κ1) is 18.4. The van der Waals surface area contributed by atoms with Crippen molar-refractivity contribution in [3.05, 3.63) is 60.2 Å². The van der Waals surface area contributed by atoms with Gasteiger partial charge in [-0.3, -0.25) is 14.4 Å². The smallest absolute Gasteiger partial charge is 0.305 e. The maximum atomic E-state index is 12.4. The van der Waals surface area contributed by atoms with Gasteiger partial charge in [-0.1, -0.05) is 42.5 Å². The highest BCUT2D eigenvalue weighted by atomic mass is 16.5. The Morgan fingerprint density at radius 3 is 2.56 bits per heavy atom. The molecule has 0 saturated carbocycles. The van der Waals surface area contributed by atoms with Crippen molar-refractivity contribution in [1.29, 1.82) is 0 Å². The molecule has 1 unspecified atom stereocenters. The van der Waals surface area contributed by atoms with Gasteiger partial charge in [-0.2, -0.15) is 0 Å². The van der Waals surface area contributed by atoms with Crippen LogP contribution in [0.15, 0.2) is 54.6 Å². The van der Waals surface area contributed by atoms with Gasteiger partial charge in [0.1, 0.15) is 5.75 Å². The van der Waals surface area contributed by atoms with Crippen LogP contribution in [-0.2, 0) is 14.4 Å². The molecule has 1 aliphatic rings. The van der Waals surface area contributed by atoms with Crippen molar-refractivity contribution in [3.8, 4) is 5.75 Å². The second-order valence-electron chi connectivity index (χ2n) is 6.18. The summed E-state index contributed by atoms with van der Waals surface area (Å²) in [6.45, 7) is 0.129. The van der Waals surface area contributed by atoms with Crippen LogP contribution < -0.4 is 15.0 Å². The molecule has 0 radical (unpaired) electrons. The van der Waals surface area contributed by atoms with Crippen molar-refractivity contribution < 1.29 is 24.2 Å². The van der Waals surface area contributed by atoms with Crippen LogP contribution in [0.1, 0.15) is 24.4 Å². The molecule has 0 aliphatic carbocycles. The maximum absolute atomic E-state index is 12.4. The summed E-state index contributed by atoms with van der Waals surface area (Å²) in [7, 11) is 0. The van der Waals surface area contributed by atoms with Crippen LogP contribution in [0.4, 0.5) is 5.69 Å². The molecule has 2 N–H and O–H groups in total. The highest BCUT2D eigenvalue weighted by Gasteiger charge is 2.26. The van der Waals surface area contributed by atoms with Crippen molar-refractivity contribution in [2.45, 2.75) is 18.9 Å². The fourth-order valence-electron chi connectivity index (χ4n) is 2.99. The van der Waals surface area contributed by atoms with Crippen LogP contribution in [0, 0.1) is 0 Å². The van der Waals surface area contributed by atoms with Gasteiger partial charge in [0.15, 0.2) is 6.61 Å². The fraction of sp³-hybridized carbons (Fsp3) is 0.250. The molecule has 0 spiro atoms. The Morgan fingerprint density at radius 2 is 1.81 bits per heavy atom. The summed E-state index contributed by atoms with van der Waals surface area (Å²) in [5, 5.41) is 11.9. The monoisotopic (exact) mass is 368 g/mol. The molecule has 2 aromatic carbocycles. The lowest BCUT2D eigenvalue weighted by atomic mass is 10.0. The minimum atomic E-state index is -0.999. The number of amides is 2. The molecule has 1 heterocycles. The van der Waals surface area contributed by atoms with Gasteiger partial charge < -0.3 is 20.1 Å². The molecule has 140 valence electrons. The number of aliphatic carboxylic acids is 1. The van der Waals surface area contributed by atoms with Gasteiger partial charge in [0, 0.05) is 13.0 Å². The van der Waals surface area contributed by atoms with Gasteiger partial charge in [-0.25, -0.2) is 0 Å².